The van der Waals surface area contributed by atoms with Crippen LogP contribution in [0.5, 0.6) is 0 Å². The van der Waals surface area contributed by atoms with E-state index in [1.807, 2.05) is 18.2 Å². The molecule has 0 heterocycles. The van der Waals surface area contributed by atoms with E-state index in [4.69, 9.17) is 11.6 Å². The maximum absolute atomic E-state index is 6.15. The monoisotopic (exact) mass is 294 g/mol. The summed E-state index contributed by atoms with van der Waals surface area (Å²) >= 11 is 9.77. The van der Waals surface area contributed by atoms with E-state index in [1.54, 1.807) is 0 Å². The number of rotatable bonds is 2. The molecular formula is C14H12BrCl. The molecular weight excluding hydrogens is 284 g/mol. The van der Waals surface area contributed by atoms with E-state index in [1.165, 1.54) is 15.6 Å². The standard InChI is InChI=1S/C14H12BrCl/c1-10-5-4-7-12(14(10)15)9-11-6-2-3-8-13(11)16/h2-8H,9H2,1H3. The Morgan fingerprint density at radius 3 is 2.44 bits per heavy atom. The van der Waals surface area contributed by atoms with E-state index in [-0.39, 0.29) is 0 Å². The van der Waals surface area contributed by atoms with Crippen LogP contribution in [0, 0.1) is 6.92 Å². The summed E-state index contributed by atoms with van der Waals surface area (Å²) in [6.07, 6.45) is 0.863. The van der Waals surface area contributed by atoms with E-state index in [0.717, 1.165) is 17.0 Å². The van der Waals surface area contributed by atoms with Gasteiger partial charge in [0, 0.05) is 15.9 Å². The molecule has 0 unspecified atom stereocenters. The Labute approximate surface area is 109 Å². The van der Waals surface area contributed by atoms with Crippen LogP contribution in [-0.4, -0.2) is 0 Å². The summed E-state index contributed by atoms with van der Waals surface area (Å²) in [6, 6.07) is 14.3. The second-order valence-electron chi connectivity index (χ2n) is 3.82. The molecule has 0 saturated carbocycles. The average Bonchev–Trinajstić information content (AvgIpc) is 2.28. The molecule has 2 rings (SSSR count). The van der Waals surface area contributed by atoms with Gasteiger partial charge in [-0.25, -0.2) is 0 Å². The van der Waals surface area contributed by atoms with Gasteiger partial charge in [-0.05, 0) is 29.7 Å². The maximum Gasteiger partial charge on any atom is 0.0441 e. The molecule has 0 aliphatic rings. The molecule has 0 aliphatic carbocycles. The fraction of sp³-hybridized carbons (Fsp3) is 0.143. The molecule has 0 bridgehead atoms. The van der Waals surface area contributed by atoms with Gasteiger partial charge in [-0.3, -0.25) is 0 Å². The van der Waals surface area contributed by atoms with E-state index < -0.39 is 0 Å². The minimum absolute atomic E-state index is 0.830. The largest absolute Gasteiger partial charge is 0.0840 e. The Morgan fingerprint density at radius 1 is 1.00 bits per heavy atom. The van der Waals surface area contributed by atoms with Crippen molar-refractivity contribution in [3.05, 3.63) is 68.7 Å². The zero-order chi connectivity index (χ0) is 11.5. The highest BCUT2D eigenvalue weighted by molar-refractivity contribution is 9.10. The molecule has 0 fully saturated rings. The van der Waals surface area contributed by atoms with Crippen molar-refractivity contribution in [3.8, 4) is 0 Å². The van der Waals surface area contributed by atoms with Crippen LogP contribution in [0.15, 0.2) is 46.9 Å². The summed E-state index contributed by atoms with van der Waals surface area (Å²) < 4.78 is 1.18. The lowest BCUT2D eigenvalue weighted by Crippen LogP contribution is -1.92. The van der Waals surface area contributed by atoms with Crippen molar-refractivity contribution in [2.75, 3.05) is 0 Å². The predicted molar refractivity (Wildman–Crippen MR) is 73.1 cm³/mol. The third kappa shape index (κ3) is 2.47. The van der Waals surface area contributed by atoms with Crippen molar-refractivity contribution in [1.29, 1.82) is 0 Å². The molecule has 0 spiro atoms. The molecule has 16 heavy (non-hydrogen) atoms. The lowest BCUT2D eigenvalue weighted by Gasteiger charge is -2.08. The van der Waals surface area contributed by atoms with E-state index in [9.17, 15) is 0 Å². The number of aryl methyl sites for hydroxylation is 1. The molecule has 0 N–H and O–H groups in total. The van der Waals surface area contributed by atoms with Crippen LogP contribution in [-0.2, 0) is 6.42 Å². The van der Waals surface area contributed by atoms with Crippen LogP contribution in [0.3, 0.4) is 0 Å². The van der Waals surface area contributed by atoms with Crippen LogP contribution < -0.4 is 0 Å². The molecule has 0 aliphatic heterocycles. The van der Waals surface area contributed by atoms with Gasteiger partial charge in [0.1, 0.15) is 0 Å². The van der Waals surface area contributed by atoms with Gasteiger partial charge in [-0.1, -0.05) is 63.9 Å². The number of benzene rings is 2. The molecule has 82 valence electrons. The minimum atomic E-state index is 0.830. The zero-order valence-electron chi connectivity index (χ0n) is 9.00. The Morgan fingerprint density at radius 2 is 1.69 bits per heavy atom. The molecule has 0 nitrogen and oxygen atoms in total. The highest BCUT2D eigenvalue weighted by Crippen LogP contribution is 2.26. The van der Waals surface area contributed by atoms with E-state index in [2.05, 4.69) is 47.1 Å². The first-order chi connectivity index (χ1) is 7.68. The van der Waals surface area contributed by atoms with Gasteiger partial charge in [-0.15, -0.1) is 0 Å². The smallest absolute Gasteiger partial charge is 0.0441 e. The summed E-state index contributed by atoms with van der Waals surface area (Å²) in [5.74, 6) is 0. The second-order valence-corrected chi connectivity index (χ2v) is 5.02. The summed E-state index contributed by atoms with van der Waals surface area (Å²) in [7, 11) is 0. The third-order valence-corrected chi connectivity index (χ3v) is 4.11. The van der Waals surface area contributed by atoms with Crippen molar-refractivity contribution in [3.63, 3.8) is 0 Å². The summed E-state index contributed by atoms with van der Waals surface area (Å²) in [5.41, 5.74) is 3.69. The van der Waals surface area contributed by atoms with Crippen molar-refractivity contribution < 1.29 is 0 Å². The van der Waals surface area contributed by atoms with E-state index >= 15 is 0 Å². The van der Waals surface area contributed by atoms with E-state index in [0.29, 0.717) is 0 Å². The number of hydrogen-bond acceptors (Lipinski definition) is 0. The van der Waals surface area contributed by atoms with Gasteiger partial charge in [-0.2, -0.15) is 0 Å². The third-order valence-electron chi connectivity index (χ3n) is 2.61. The Hall–Kier alpha value is -0.790. The van der Waals surface area contributed by atoms with Crippen LogP contribution in [0.1, 0.15) is 16.7 Å². The Kier molecular flexibility index (Phi) is 3.67. The molecule has 2 heteroatoms. The van der Waals surface area contributed by atoms with Gasteiger partial charge in [0.05, 0.1) is 0 Å². The minimum Gasteiger partial charge on any atom is -0.0840 e. The topological polar surface area (TPSA) is 0 Å². The number of halogens is 2. The first kappa shape index (κ1) is 11.7. The molecule has 0 amide bonds. The maximum atomic E-state index is 6.15. The van der Waals surface area contributed by atoms with Crippen LogP contribution in [0.4, 0.5) is 0 Å². The second kappa shape index (κ2) is 5.03. The number of hydrogen-bond donors (Lipinski definition) is 0. The van der Waals surface area contributed by atoms with Gasteiger partial charge in [0.2, 0.25) is 0 Å². The van der Waals surface area contributed by atoms with Crippen LogP contribution >= 0.6 is 27.5 Å². The Balaban J connectivity index is 2.35. The Bertz CT molecular complexity index is 506. The SMILES string of the molecule is Cc1cccc(Cc2ccccc2Cl)c1Br. The fourth-order valence-corrected chi connectivity index (χ4v) is 2.30. The van der Waals surface area contributed by atoms with Gasteiger partial charge >= 0.3 is 0 Å². The lowest BCUT2D eigenvalue weighted by atomic mass is 10.0. The van der Waals surface area contributed by atoms with Crippen molar-refractivity contribution in [1.82, 2.24) is 0 Å². The molecule has 2 aromatic rings. The van der Waals surface area contributed by atoms with Crippen LogP contribution in [0.2, 0.25) is 5.02 Å². The van der Waals surface area contributed by atoms with Crippen molar-refractivity contribution >= 4 is 27.5 Å². The van der Waals surface area contributed by atoms with Crippen molar-refractivity contribution in [2.24, 2.45) is 0 Å². The van der Waals surface area contributed by atoms with Gasteiger partial charge in [0.15, 0.2) is 0 Å². The fourth-order valence-electron chi connectivity index (χ4n) is 1.69. The van der Waals surface area contributed by atoms with Crippen molar-refractivity contribution in [2.45, 2.75) is 13.3 Å². The summed E-state index contributed by atoms with van der Waals surface area (Å²) in [4.78, 5) is 0. The molecule has 2 aromatic carbocycles. The highest BCUT2D eigenvalue weighted by Gasteiger charge is 2.05. The quantitative estimate of drug-likeness (QED) is 0.731. The van der Waals surface area contributed by atoms with Gasteiger partial charge in [0.25, 0.3) is 0 Å². The summed E-state index contributed by atoms with van der Waals surface area (Å²) in [5, 5.41) is 0.830. The van der Waals surface area contributed by atoms with Gasteiger partial charge < -0.3 is 0 Å². The summed E-state index contributed by atoms with van der Waals surface area (Å²) in [6.45, 7) is 2.10. The molecule has 0 aromatic heterocycles. The predicted octanol–water partition coefficient (Wildman–Crippen LogP) is 5.00. The molecule has 0 saturated heterocycles. The lowest BCUT2D eigenvalue weighted by molar-refractivity contribution is 1.16. The zero-order valence-corrected chi connectivity index (χ0v) is 11.3. The average molecular weight is 296 g/mol. The first-order valence-electron chi connectivity index (χ1n) is 5.16. The molecule has 0 atom stereocenters. The molecule has 0 radical (unpaired) electrons. The normalized spacial score (nSPS) is 10.4. The highest BCUT2D eigenvalue weighted by atomic mass is 79.9. The first-order valence-corrected chi connectivity index (χ1v) is 6.33. The van der Waals surface area contributed by atoms with Crippen LogP contribution in [0.25, 0.3) is 0 Å².